The molecule has 3 rings (SSSR count). The highest BCUT2D eigenvalue weighted by atomic mass is 32.2. The largest absolute Gasteiger partial charge is 0.490 e. The van der Waals surface area contributed by atoms with Crippen LogP contribution in [0, 0.1) is 0 Å². The second-order valence-electron chi connectivity index (χ2n) is 4.14. The number of benzene rings is 1. The molecule has 0 unspecified atom stereocenters. The van der Waals surface area contributed by atoms with Crippen LogP contribution < -0.4 is 10.4 Å². The van der Waals surface area contributed by atoms with E-state index in [-0.39, 0.29) is 32.6 Å². The smallest absolute Gasteiger partial charge is 0.336 e. The highest BCUT2D eigenvalue weighted by Crippen LogP contribution is 2.40. The van der Waals surface area contributed by atoms with Crippen molar-refractivity contribution in [3.05, 3.63) is 34.9 Å². The summed E-state index contributed by atoms with van der Waals surface area (Å²) in [5.41, 5.74) is -0.481. The zero-order chi connectivity index (χ0) is 15.2. The van der Waals surface area contributed by atoms with Crippen LogP contribution in [-0.4, -0.2) is 22.6 Å². The summed E-state index contributed by atoms with van der Waals surface area (Å²) in [4.78, 5) is 11.3. The molecular formula is C13H10O7S. The van der Waals surface area contributed by atoms with Gasteiger partial charge in [0, 0.05) is 16.8 Å². The van der Waals surface area contributed by atoms with Crippen molar-refractivity contribution in [3.8, 4) is 5.75 Å². The van der Waals surface area contributed by atoms with Crippen molar-refractivity contribution in [2.45, 2.75) is 4.90 Å². The van der Waals surface area contributed by atoms with E-state index in [1.807, 2.05) is 0 Å². The number of hydrogen-bond donors (Lipinski definition) is 0. The average molecular weight is 310 g/mol. The van der Waals surface area contributed by atoms with Gasteiger partial charge in [0.15, 0.2) is 11.2 Å². The van der Waals surface area contributed by atoms with Gasteiger partial charge in [-0.1, -0.05) is 0 Å². The fraction of sp³-hybridized carbons (Fsp3) is 0.154. The third kappa shape index (κ3) is 1.91. The number of methoxy groups -OCH3 is 1. The van der Waals surface area contributed by atoms with Crippen LogP contribution in [0.1, 0.15) is 0 Å². The Kier molecular flexibility index (Phi) is 2.99. The standard InChI is InChI=1S/C13H10O7S/c1-17-12-10-8(5-6-19-10)13(21(15,16)18-2)7-3-4-9(14)20-11(7)12/h3-6H,1-2H3. The SMILES string of the molecule is COc1c2occc2c(S(=O)(=O)OC)c2ccc(=O)oc12. The van der Waals surface area contributed by atoms with E-state index in [2.05, 4.69) is 4.18 Å². The number of hydrogen-bond acceptors (Lipinski definition) is 7. The second-order valence-corrected chi connectivity index (χ2v) is 5.79. The van der Waals surface area contributed by atoms with Gasteiger partial charge in [-0.2, -0.15) is 8.42 Å². The lowest BCUT2D eigenvalue weighted by molar-refractivity contribution is 0.396. The van der Waals surface area contributed by atoms with Crippen LogP contribution in [0.4, 0.5) is 0 Å². The Bertz CT molecular complexity index is 994. The minimum Gasteiger partial charge on any atom is -0.490 e. The van der Waals surface area contributed by atoms with Crippen molar-refractivity contribution in [2.24, 2.45) is 0 Å². The van der Waals surface area contributed by atoms with Gasteiger partial charge in [0.1, 0.15) is 4.90 Å². The summed E-state index contributed by atoms with van der Waals surface area (Å²) in [6.45, 7) is 0. The summed E-state index contributed by atoms with van der Waals surface area (Å²) in [5, 5.41) is 0.470. The van der Waals surface area contributed by atoms with Gasteiger partial charge < -0.3 is 13.6 Å². The van der Waals surface area contributed by atoms with Crippen LogP contribution in [0.25, 0.3) is 21.9 Å². The maximum Gasteiger partial charge on any atom is 0.336 e. The summed E-state index contributed by atoms with van der Waals surface area (Å²) in [5.74, 6) is 0.151. The van der Waals surface area contributed by atoms with E-state index in [9.17, 15) is 13.2 Å². The summed E-state index contributed by atoms with van der Waals surface area (Å²) < 4.78 is 44.5. The maximum absolute atomic E-state index is 12.2. The predicted molar refractivity (Wildman–Crippen MR) is 73.0 cm³/mol. The van der Waals surface area contributed by atoms with Crippen molar-refractivity contribution >= 4 is 32.1 Å². The molecule has 3 aromatic rings. The summed E-state index contributed by atoms with van der Waals surface area (Å²) >= 11 is 0. The first-order chi connectivity index (χ1) is 9.99. The Morgan fingerprint density at radius 3 is 2.43 bits per heavy atom. The van der Waals surface area contributed by atoms with E-state index in [4.69, 9.17) is 13.6 Å². The molecule has 0 aliphatic heterocycles. The predicted octanol–water partition coefficient (Wildman–Crippen LogP) is 1.88. The molecule has 0 saturated carbocycles. The summed E-state index contributed by atoms with van der Waals surface area (Å²) in [6, 6.07) is 3.96. The molecule has 7 nitrogen and oxygen atoms in total. The molecule has 0 aliphatic carbocycles. The first kappa shape index (κ1) is 13.7. The van der Waals surface area contributed by atoms with Crippen molar-refractivity contribution < 1.29 is 26.2 Å². The molecule has 0 fully saturated rings. The first-order valence-electron chi connectivity index (χ1n) is 5.81. The lowest BCUT2D eigenvalue weighted by Crippen LogP contribution is -2.06. The number of rotatable bonds is 3. The van der Waals surface area contributed by atoms with Crippen LogP contribution in [0.2, 0.25) is 0 Å². The Morgan fingerprint density at radius 1 is 1.05 bits per heavy atom. The van der Waals surface area contributed by atoms with Crippen molar-refractivity contribution in [1.82, 2.24) is 0 Å². The van der Waals surface area contributed by atoms with Crippen LogP contribution in [-0.2, 0) is 14.3 Å². The van der Waals surface area contributed by atoms with Gasteiger partial charge in [-0.05, 0) is 12.1 Å². The molecule has 2 heterocycles. The Labute approximate surface area is 118 Å². The normalized spacial score (nSPS) is 12.1. The average Bonchev–Trinajstić information content (AvgIpc) is 2.92. The fourth-order valence-corrected chi connectivity index (χ4v) is 3.24. The van der Waals surface area contributed by atoms with Crippen molar-refractivity contribution in [3.63, 3.8) is 0 Å². The fourth-order valence-electron chi connectivity index (χ4n) is 2.21. The molecular weight excluding hydrogens is 300 g/mol. The molecule has 0 N–H and O–H groups in total. The van der Waals surface area contributed by atoms with Gasteiger partial charge >= 0.3 is 5.63 Å². The lowest BCUT2D eigenvalue weighted by atomic mass is 10.1. The van der Waals surface area contributed by atoms with Crippen molar-refractivity contribution in [1.29, 1.82) is 0 Å². The van der Waals surface area contributed by atoms with Gasteiger partial charge in [-0.15, -0.1) is 0 Å². The van der Waals surface area contributed by atoms with Gasteiger partial charge in [-0.25, -0.2) is 4.79 Å². The number of fused-ring (bicyclic) bond motifs is 2. The first-order valence-corrected chi connectivity index (χ1v) is 7.22. The minimum absolute atomic E-state index is 0.0110. The summed E-state index contributed by atoms with van der Waals surface area (Å²) in [7, 11) is -1.62. The lowest BCUT2D eigenvalue weighted by Gasteiger charge is -2.10. The highest BCUT2D eigenvalue weighted by Gasteiger charge is 2.27. The van der Waals surface area contributed by atoms with Gasteiger partial charge in [0.05, 0.1) is 20.5 Å². The Morgan fingerprint density at radius 2 is 1.76 bits per heavy atom. The molecule has 0 aliphatic rings. The van der Waals surface area contributed by atoms with E-state index in [0.29, 0.717) is 0 Å². The van der Waals surface area contributed by atoms with Gasteiger partial charge in [0.2, 0.25) is 5.75 Å². The van der Waals surface area contributed by atoms with E-state index in [1.165, 1.54) is 25.5 Å². The van der Waals surface area contributed by atoms with Crippen LogP contribution in [0.15, 0.2) is 43.0 Å². The molecule has 0 bridgehead atoms. The van der Waals surface area contributed by atoms with Crippen LogP contribution >= 0.6 is 0 Å². The number of ether oxygens (including phenoxy) is 1. The minimum atomic E-state index is -4.04. The van der Waals surface area contributed by atoms with E-state index >= 15 is 0 Å². The topological polar surface area (TPSA) is 96.0 Å². The van der Waals surface area contributed by atoms with Gasteiger partial charge in [0.25, 0.3) is 10.1 Å². The molecule has 8 heteroatoms. The number of furan rings is 1. The Hall–Kier alpha value is -2.32. The maximum atomic E-state index is 12.2. The zero-order valence-corrected chi connectivity index (χ0v) is 11.9. The van der Waals surface area contributed by atoms with E-state index in [1.54, 1.807) is 0 Å². The molecule has 1 aromatic carbocycles. The van der Waals surface area contributed by atoms with Crippen LogP contribution in [0.5, 0.6) is 5.75 Å². The molecule has 2 aromatic heterocycles. The summed E-state index contributed by atoms with van der Waals surface area (Å²) in [6.07, 6.45) is 1.32. The molecule has 0 atom stereocenters. The monoisotopic (exact) mass is 310 g/mol. The highest BCUT2D eigenvalue weighted by molar-refractivity contribution is 7.87. The molecule has 21 heavy (non-hydrogen) atoms. The van der Waals surface area contributed by atoms with E-state index in [0.717, 1.165) is 13.2 Å². The quantitative estimate of drug-likeness (QED) is 0.538. The molecule has 0 radical (unpaired) electrons. The zero-order valence-electron chi connectivity index (χ0n) is 11.1. The molecule has 0 amide bonds. The van der Waals surface area contributed by atoms with E-state index < -0.39 is 15.7 Å². The van der Waals surface area contributed by atoms with Gasteiger partial charge in [-0.3, -0.25) is 4.18 Å². The Balaban J connectivity index is 2.68. The molecule has 0 saturated heterocycles. The molecule has 0 spiro atoms. The van der Waals surface area contributed by atoms with Crippen LogP contribution in [0.3, 0.4) is 0 Å². The second kappa shape index (κ2) is 4.61. The van der Waals surface area contributed by atoms with Crippen molar-refractivity contribution in [2.75, 3.05) is 14.2 Å². The third-order valence-electron chi connectivity index (χ3n) is 3.07. The third-order valence-corrected chi connectivity index (χ3v) is 4.45. The molecule has 110 valence electrons.